The van der Waals surface area contributed by atoms with Gasteiger partial charge in [0.05, 0.1) is 25.9 Å². The Hall–Kier alpha value is -0.650. The summed E-state index contributed by atoms with van der Waals surface area (Å²) < 4.78 is 16.7. The van der Waals surface area contributed by atoms with Gasteiger partial charge in [0.15, 0.2) is 0 Å². The van der Waals surface area contributed by atoms with E-state index >= 15 is 0 Å². The lowest BCUT2D eigenvalue weighted by Crippen LogP contribution is -2.53. The molecule has 1 N–H and O–H groups in total. The molecule has 21 heavy (non-hydrogen) atoms. The highest BCUT2D eigenvalue weighted by atomic mass is 16.5. The van der Waals surface area contributed by atoms with Crippen molar-refractivity contribution < 1.29 is 19.0 Å². The van der Waals surface area contributed by atoms with Crippen molar-refractivity contribution in [3.8, 4) is 0 Å². The Morgan fingerprint density at radius 2 is 2.19 bits per heavy atom. The van der Waals surface area contributed by atoms with E-state index in [0.717, 1.165) is 32.3 Å². The molecule has 3 unspecified atom stereocenters. The lowest BCUT2D eigenvalue weighted by atomic mass is 9.96. The van der Waals surface area contributed by atoms with E-state index in [0.29, 0.717) is 13.0 Å². The van der Waals surface area contributed by atoms with Crippen LogP contribution in [0.15, 0.2) is 0 Å². The van der Waals surface area contributed by atoms with Gasteiger partial charge in [-0.2, -0.15) is 0 Å². The third-order valence-electron chi connectivity index (χ3n) is 4.40. The Bertz CT molecular complexity index is 341. The highest BCUT2D eigenvalue weighted by Crippen LogP contribution is 2.34. The second kappa shape index (κ2) is 7.56. The molecule has 2 aliphatic rings. The fourth-order valence-electron chi connectivity index (χ4n) is 3.45. The van der Waals surface area contributed by atoms with Gasteiger partial charge >= 0.3 is 5.97 Å². The van der Waals surface area contributed by atoms with Gasteiger partial charge in [0, 0.05) is 19.1 Å². The van der Waals surface area contributed by atoms with E-state index in [-0.39, 0.29) is 24.2 Å². The van der Waals surface area contributed by atoms with Crippen LogP contribution in [0.25, 0.3) is 0 Å². The molecule has 122 valence electrons. The first-order chi connectivity index (χ1) is 10.1. The van der Waals surface area contributed by atoms with Crippen LogP contribution in [0.4, 0.5) is 0 Å². The summed E-state index contributed by atoms with van der Waals surface area (Å²) in [6.45, 7) is 5.59. The van der Waals surface area contributed by atoms with Crippen molar-refractivity contribution in [3.05, 3.63) is 0 Å². The summed E-state index contributed by atoms with van der Waals surface area (Å²) in [5.74, 6) is -0.170. The fraction of sp³-hybridized carbons (Fsp3) is 0.938. The summed E-state index contributed by atoms with van der Waals surface area (Å²) in [4.78, 5) is 12.2. The molecule has 1 saturated carbocycles. The zero-order chi connectivity index (χ0) is 15.3. The Kier molecular flexibility index (Phi) is 6.02. The minimum atomic E-state index is -0.582. The molecule has 0 spiro atoms. The van der Waals surface area contributed by atoms with Crippen LogP contribution < -0.4 is 5.32 Å². The molecule has 0 aromatic carbocycles. The maximum atomic E-state index is 12.2. The van der Waals surface area contributed by atoms with Crippen LogP contribution in [0.1, 0.15) is 52.4 Å². The van der Waals surface area contributed by atoms with Gasteiger partial charge in [0.1, 0.15) is 5.54 Å². The molecule has 0 amide bonds. The van der Waals surface area contributed by atoms with Crippen LogP contribution in [0.3, 0.4) is 0 Å². The monoisotopic (exact) mass is 299 g/mol. The topological polar surface area (TPSA) is 56.8 Å². The summed E-state index contributed by atoms with van der Waals surface area (Å²) in [5, 5.41) is 3.39. The lowest BCUT2D eigenvalue weighted by molar-refractivity contribution is -0.149. The van der Waals surface area contributed by atoms with Crippen LogP contribution in [0.2, 0.25) is 0 Å². The number of nitrogens with one attached hydrogen (secondary N) is 1. The van der Waals surface area contributed by atoms with Crippen molar-refractivity contribution >= 4 is 5.97 Å². The quantitative estimate of drug-likeness (QED) is 0.761. The molecule has 0 radical (unpaired) electrons. The van der Waals surface area contributed by atoms with Crippen molar-refractivity contribution in [2.45, 2.75) is 76.2 Å². The molecule has 3 atom stereocenters. The molecule has 2 rings (SSSR count). The predicted octanol–water partition coefficient (Wildman–Crippen LogP) is 2.03. The number of rotatable bonds is 6. The van der Waals surface area contributed by atoms with Crippen molar-refractivity contribution in [1.82, 2.24) is 5.32 Å². The standard InChI is InChI=1S/C16H29NO4/c1-12(2)17-16(15(18)19-3)8-7-13(10-16)21-11-14-6-4-5-9-20-14/h12-14,17H,4-11H2,1-3H3. The second-order valence-corrected chi connectivity index (χ2v) is 6.56. The minimum Gasteiger partial charge on any atom is -0.468 e. The summed E-state index contributed by atoms with van der Waals surface area (Å²) >= 11 is 0. The second-order valence-electron chi connectivity index (χ2n) is 6.56. The predicted molar refractivity (Wildman–Crippen MR) is 80.2 cm³/mol. The molecule has 1 saturated heterocycles. The molecular weight excluding hydrogens is 270 g/mol. The van der Waals surface area contributed by atoms with Crippen LogP contribution in [-0.2, 0) is 19.0 Å². The third kappa shape index (κ3) is 4.41. The number of ether oxygens (including phenoxy) is 3. The van der Waals surface area contributed by atoms with Crippen molar-refractivity contribution in [2.24, 2.45) is 0 Å². The largest absolute Gasteiger partial charge is 0.468 e. The van der Waals surface area contributed by atoms with E-state index in [1.165, 1.54) is 13.5 Å². The molecule has 5 heteroatoms. The highest BCUT2D eigenvalue weighted by molar-refractivity contribution is 5.81. The Labute approximate surface area is 127 Å². The van der Waals surface area contributed by atoms with Crippen molar-refractivity contribution in [3.63, 3.8) is 0 Å². The van der Waals surface area contributed by atoms with Crippen molar-refractivity contribution in [1.29, 1.82) is 0 Å². The van der Waals surface area contributed by atoms with Crippen molar-refractivity contribution in [2.75, 3.05) is 20.3 Å². The summed E-state index contributed by atoms with van der Waals surface area (Å²) in [6.07, 6.45) is 6.15. The Morgan fingerprint density at radius 1 is 1.38 bits per heavy atom. The summed E-state index contributed by atoms with van der Waals surface area (Å²) in [6, 6.07) is 0.240. The molecule has 1 heterocycles. The van der Waals surface area contributed by atoms with Gasteiger partial charge in [0.25, 0.3) is 0 Å². The van der Waals surface area contributed by atoms with E-state index in [2.05, 4.69) is 19.2 Å². The molecule has 5 nitrogen and oxygen atoms in total. The van der Waals surface area contributed by atoms with Crippen LogP contribution in [-0.4, -0.2) is 50.1 Å². The van der Waals surface area contributed by atoms with Gasteiger partial charge in [-0.25, -0.2) is 0 Å². The zero-order valence-electron chi connectivity index (χ0n) is 13.5. The normalized spacial score (nSPS) is 33.3. The van der Waals surface area contributed by atoms with Crippen LogP contribution >= 0.6 is 0 Å². The lowest BCUT2D eigenvalue weighted by Gasteiger charge is -2.30. The van der Waals surface area contributed by atoms with Gasteiger partial charge < -0.3 is 14.2 Å². The number of carbonyl (C=O) groups excluding carboxylic acids is 1. The van der Waals surface area contributed by atoms with E-state index in [1.807, 2.05) is 0 Å². The third-order valence-corrected chi connectivity index (χ3v) is 4.40. The Morgan fingerprint density at radius 3 is 2.81 bits per heavy atom. The molecule has 0 aromatic heterocycles. The SMILES string of the molecule is COC(=O)C1(NC(C)C)CCC(OCC2CCCCO2)C1. The number of hydrogen-bond acceptors (Lipinski definition) is 5. The molecule has 0 bridgehead atoms. The van der Waals surface area contributed by atoms with E-state index in [1.54, 1.807) is 0 Å². The van der Waals surface area contributed by atoms with E-state index in [4.69, 9.17) is 14.2 Å². The number of esters is 1. The molecule has 1 aliphatic heterocycles. The first kappa shape index (κ1) is 16.7. The number of hydrogen-bond donors (Lipinski definition) is 1. The molecule has 2 fully saturated rings. The van der Waals surface area contributed by atoms with E-state index in [9.17, 15) is 4.79 Å². The zero-order valence-corrected chi connectivity index (χ0v) is 13.5. The van der Waals surface area contributed by atoms with Gasteiger partial charge in [-0.05, 0) is 46.0 Å². The maximum Gasteiger partial charge on any atom is 0.326 e. The van der Waals surface area contributed by atoms with Gasteiger partial charge in [-0.3, -0.25) is 10.1 Å². The van der Waals surface area contributed by atoms with Gasteiger partial charge in [0.2, 0.25) is 0 Å². The maximum absolute atomic E-state index is 12.2. The first-order valence-corrected chi connectivity index (χ1v) is 8.15. The number of methoxy groups -OCH3 is 1. The fourth-order valence-corrected chi connectivity index (χ4v) is 3.45. The summed E-state index contributed by atoms with van der Waals surface area (Å²) in [5.41, 5.74) is -0.582. The minimum absolute atomic E-state index is 0.112. The smallest absolute Gasteiger partial charge is 0.326 e. The number of carbonyl (C=O) groups is 1. The molecule has 1 aliphatic carbocycles. The van der Waals surface area contributed by atoms with Gasteiger partial charge in [-0.1, -0.05) is 0 Å². The van der Waals surface area contributed by atoms with Crippen LogP contribution in [0.5, 0.6) is 0 Å². The van der Waals surface area contributed by atoms with Crippen LogP contribution in [0, 0.1) is 0 Å². The Balaban J connectivity index is 1.85. The highest BCUT2D eigenvalue weighted by Gasteiger charge is 2.47. The summed E-state index contributed by atoms with van der Waals surface area (Å²) in [7, 11) is 1.45. The molecule has 0 aromatic rings. The van der Waals surface area contributed by atoms with Gasteiger partial charge in [-0.15, -0.1) is 0 Å². The average molecular weight is 299 g/mol. The first-order valence-electron chi connectivity index (χ1n) is 8.15. The average Bonchev–Trinajstić information content (AvgIpc) is 2.89. The van der Waals surface area contributed by atoms with E-state index < -0.39 is 5.54 Å². The molecular formula is C16H29NO4.